The van der Waals surface area contributed by atoms with Crippen LogP contribution >= 0.6 is 12.4 Å². The normalized spacial score (nSPS) is 11.4. The molecule has 0 aliphatic heterocycles. The molecule has 3 N–H and O–H groups in total. The summed E-state index contributed by atoms with van der Waals surface area (Å²) in [6, 6.07) is 15.7. The number of aryl methyl sites for hydroxylation is 1. The van der Waals surface area contributed by atoms with Crippen molar-refractivity contribution < 1.29 is 4.79 Å². The molecule has 1 amide bonds. The molecule has 1 atom stereocenters. The van der Waals surface area contributed by atoms with Gasteiger partial charge in [0, 0.05) is 12.1 Å². The summed E-state index contributed by atoms with van der Waals surface area (Å²) in [5.74, 6) is -0.0642. The average molecular weight is 319 g/mol. The van der Waals surface area contributed by atoms with Crippen molar-refractivity contribution in [1.82, 2.24) is 5.32 Å². The highest BCUT2D eigenvalue weighted by Crippen LogP contribution is 2.15. The lowest BCUT2D eigenvalue weighted by molar-refractivity contribution is 0.0940. The number of carbonyl (C=O) groups excluding carboxylic acids is 1. The van der Waals surface area contributed by atoms with Crippen LogP contribution < -0.4 is 11.1 Å². The number of hydrogen-bond acceptors (Lipinski definition) is 2. The van der Waals surface area contributed by atoms with Crippen LogP contribution in [0.2, 0.25) is 0 Å². The minimum absolute atomic E-state index is 0. The van der Waals surface area contributed by atoms with Gasteiger partial charge < -0.3 is 11.1 Å². The summed E-state index contributed by atoms with van der Waals surface area (Å²) in [4.78, 5) is 12.2. The Kier molecular flexibility index (Phi) is 7.09. The third-order valence-corrected chi connectivity index (χ3v) is 3.69. The molecule has 2 rings (SSSR count). The van der Waals surface area contributed by atoms with Crippen LogP contribution in [0.5, 0.6) is 0 Å². The van der Waals surface area contributed by atoms with Gasteiger partial charge in [-0.1, -0.05) is 43.3 Å². The molecular weight excluding hydrogens is 296 g/mol. The van der Waals surface area contributed by atoms with Crippen molar-refractivity contribution >= 4 is 18.3 Å². The summed E-state index contributed by atoms with van der Waals surface area (Å²) in [7, 11) is 0. The van der Waals surface area contributed by atoms with Crippen molar-refractivity contribution in [2.75, 3.05) is 0 Å². The van der Waals surface area contributed by atoms with Gasteiger partial charge in [0.1, 0.15) is 0 Å². The third kappa shape index (κ3) is 4.58. The molecule has 0 radical (unpaired) electrons. The molecule has 3 nitrogen and oxygen atoms in total. The van der Waals surface area contributed by atoms with E-state index in [-0.39, 0.29) is 24.4 Å². The molecule has 1 unspecified atom stereocenters. The summed E-state index contributed by atoms with van der Waals surface area (Å²) in [5, 5.41) is 3.02. The second kappa shape index (κ2) is 8.57. The number of hydrogen-bond donors (Lipinski definition) is 2. The van der Waals surface area contributed by atoms with Crippen molar-refractivity contribution in [3.8, 4) is 0 Å². The van der Waals surface area contributed by atoms with Crippen LogP contribution in [0, 0.1) is 0 Å². The van der Waals surface area contributed by atoms with E-state index in [2.05, 4.69) is 36.5 Å². The molecule has 2 aromatic carbocycles. The maximum Gasteiger partial charge on any atom is 0.251 e. The number of amides is 1. The molecule has 0 aromatic heterocycles. The molecule has 0 spiro atoms. The van der Waals surface area contributed by atoms with Crippen molar-refractivity contribution in [2.45, 2.75) is 32.9 Å². The Morgan fingerprint density at radius 2 is 1.59 bits per heavy atom. The second-order valence-corrected chi connectivity index (χ2v) is 5.19. The Labute approximate surface area is 138 Å². The fourth-order valence-corrected chi connectivity index (χ4v) is 2.20. The van der Waals surface area contributed by atoms with Gasteiger partial charge in [-0.3, -0.25) is 4.79 Å². The fraction of sp³-hybridized carbons (Fsp3) is 0.278. The van der Waals surface area contributed by atoms with Gasteiger partial charge in [0.05, 0.1) is 6.04 Å². The third-order valence-electron chi connectivity index (χ3n) is 3.69. The molecule has 0 fully saturated rings. The zero-order chi connectivity index (χ0) is 15.2. The Morgan fingerprint density at radius 1 is 1.05 bits per heavy atom. The minimum atomic E-state index is -0.0642. The van der Waals surface area contributed by atoms with Gasteiger partial charge in [-0.15, -0.1) is 12.4 Å². The second-order valence-electron chi connectivity index (χ2n) is 5.19. The zero-order valence-corrected chi connectivity index (χ0v) is 13.8. The summed E-state index contributed by atoms with van der Waals surface area (Å²) in [6.45, 7) is 4.61. The predicted molar refractivity (Wildman–Crippen MR) is 93.3 cm³/mol. The maximum atomic E-state index is 12.2. The van der Waals surface area contributed by atoms with E-state index in [9.17, 15) is 4.79 Å². The van der Waals surface area contributed by atoms with Crippen LogP contribution in [0.4, 0.5) is 0 Å². The monoisotopic (exact) mass is 318 g/mol. The summed E-state index contributed by atoms with van der Waals surface area (Å²) >= 11 is 0. The smallest absolute Gasteiger partial charge is 0.251 e. The lowest BCUT2D eigenvalue weighted by Gasteiger charge is -2.15. The number of carbonyl (C=O) groups is 1. The molecular formula is C18H23ClN2O. The predicted octanol–water partition coefficient (Wildman–Crippen LogP) is 3.62. The Bertz CT molecular complexity index is 593. The van der Waals surface area contributed by atoms with Crippen molar-refractivity contribution in [2.24, 2.45) is 5.73 Å². The lowest BCUT2D eigenvalue weighted by atomic mass is 10.0. The number of rotatable bonds is 5. The van der Waals surface area contributed by atoms with E-state index < -0.39 is 0 Å². The van der Waals surface area contributed by atoms with Gasteiger partial charge in [0.25, 0.3) is 5.91 Å². The van der Waals surface area contributed by atoms with E-state index >= 15 is 0 Å². The first-order chi connectivity index (χ1) is 10.1. The molecule has 0 saturated heterocycles. The first-order valence-corrected chi connectivity index (χ1v) is 7.32. The highest BCUT2D eigenvalue weighted by Gasteiger charge is 2.11. The number of halogens is 1. The van der Waals surface area contributed by atoms with Crippen LogP contribution in [-0.4, -0.2) is 5.91 Å². The van der Waals surface area contributed by atoms with Crippen molar-refractivity contribution in [3.63, 3.8) is 0 Å². The molecule has 118 valence electrons. The molecule has 0 aliphatic carbocycles. The van der Waals surface area contributed by atoms with Gasteiger partial charge >= 0.3 is 0 Å². The maximum absolute atomic E-state index is 12.2. The summed E-state index contributed by atoms with van der Waals surface area (Å²) in [5.41, 5.74) is 9.65. The van der Waals surface area contributed by atoms with E-state index in [0.717, 1.165) is 17.5 Å². The van der Waals surface area contributed by atoms with Gasteiger partial charge in [-0.2, -0.15) is 0 Å². The van der Waals surface area contributed by atoms with Gasteiger partial charge in [-0.25, -0.2) is 0 Å². The topological polar surface area (TPSA) is 55.1 Å². The lowest BCUT2D eigenvalue weighted by Crippen LogP contribution is -2.26. The van der Waals surface area contributed by atoms with Gasteiger partial charge in [-0.05, 0) is 42.2 Å². The Hall–Kier alpha value is -1.84. The highest BCUT2D eigenvalue weighted by atomic mass is 35.5. The minimum Gasteiger partial charge on any atom is -0.346 e. The first-order valence-electron chi connectivity index (χ1n) is 7.32. The molecule has 0 aliphatic rings. The Morgan fingerprint density at radius 3 is 2.09 bits per heavy atom. The van der Waals surface area contributed by atoms with E-state index in [1.54, 1.807) is 0 Å². The van der Waals surface area contributed by atoms with Crippen LogP contribution in [0.25, 0.3) is 0 Å². The highest BCUT2D eigenvalue weighted by molar-refractivity contribution is 5.94. The van der Waals surface area contributed by atoms with Crippen LogP contribution in [0.1, 0.15) is 46.9 Å². The molecule has 0 heterocycles. The van der Waals surface area contributed by atoms with Gasteiger partial charge in [0.2, 0.25) is 0 Å². The van der Waals surface area contributed by atoms with E-state index in [1.165, 1.54) is 5.56 Å². The largest absolute Gasteiger partial charge is 0.346 e. The van der Waals surface area contributed by atoms with E-state index in [1.807, 2.05) is 31.2 Å². The Balaban J connectivity index is 0.00000242. The summed E-state index contributed by atoms with van der Waals surface area (Å²) < 4.78 is 0. The number of benzene rings is 2. The number of nitrogens with two attached hydrogens (primary N) is 1. The molecule has 2 aromatic rings. The first kappa shape index (κ1) is 18.2. The molecule has 22 heavy (non-hydrogen) atoms. The van der Waals surface area contributed by atoms with Crippen LogP contribution in [0.3, 0.4) is 0 Å². The van der Waals surface area contributed by atoms with Crippen molar-refractivity contribution in [3.05, 3.63) is 70.8 Å². The molecule has 0 bridgehead atoms. The SMILES string of the molecule is CCc1ccc(C(C)NC(=O)c2ccc(CN)cc2)cc1.Cl. The number of nitrogens with one attached hydrogen (secondary N) is 1. The van der Waals surface area contributed by atoms with Crippen LogP contribution in [0.15, 0.2) is 48.5 Å². The van der Waals surface area contributed by atoms with E-state index in [4.69, 9.17) is 5.73 Å². The quantitative estimate of drug-likeness (QED) is 0.884. The van der Waals surface area contributed by atoms with Crippen LogP contribution in [-0.2, 0) is 13.0 Å². The van der Waals surface area contributed by atoms with E-state index in [0.29, 0.717) is 12.1 Å². The van der Waals surface area contributed by atoms with Gasteiger partial charge in [0.15, 0.2) is 0 Å². The fourth-order valence-electron chi connectivity index (χ4n) is 2.20. The van der Waals surface area contributed by atoms with Crippen molar-refractivity contribution in [1.29, 1.82) is 0 Å². The molecule has 0 saturated carbocycles. The zero-order valence-electron chi connectivity index (χ0n) is 13.0. The molecule has 4 heteroatoms. The average Bonchev–Trinajstić information content (AvgIpc) is 2.55. The standard InChI is InChI=1S/C18H22N2O.ClH/c1-3-14-4-8-16(9-5-14)13(2)20-18(21)17-10-6-15(12-19)7-11-17;/h4-11,13H,3,12,19H2,1-2H3,(H,20,21);1H. The summed E-state index contributed by atoms with van der Waals surface area (Å²) in [6.07, 6.45) is 1.02.